The highest BCUT2D eigenvalue weighted by molar-refractivity contribution is 14.0. The van der Waals surface area contributed by atoms with Gasteiger partial charge in [0, 0.05) is 43.9 Å². The van der Waals surface area contributed by atoms with Crippen molar-refractivity contribution in [3.05, 3.63) is 59.7 Å². The molecule has 0 bridgehead atoms. The third kappa shape index (κ3) is 7.06. The Balaban J connectivity index is 0.00000341. The molecule has 1 atom stereocenters. The van der Waals surface area contributed by atoms with Gasteiger partial charge in [0.1, 0.15) is 11.9 Å². The van der Waals surface area contributed by atoms with Crippen LogP contribution in [0.25, 0.3) is 11.5 Å². The lowest BCUT2D eigenvalue weighted by Crippen LogP contribution is -2.39. The number of benzene rings is 1. The molecule has 8 nitrogen and oxygen atoms in total. The van der Waals surface area contributed by atoms with Crippen molar-refractivity contribution in [2.24, 2.45) is 12.0 Å². The highest BCUT2D eigenvalue weighted by Gasteiger charge is 2.24. The number of rotatable bonds is 8. The van der Waals surface area contributed by atoms with Gasteiger partial charge in [-0.1, -0.05) is 17.7 Å². The number of nitrogens with one attached hydrogen (secondary N) is 2. The minimum absolute atomic E-state index is 0. The van der Waals surface area contributed by atoms with Crippen LogP contribution in [0.15, 0.2) is 52.3 Å². The molecule has 2 aromatic heterocycles. The molecule has 9 heteroatoms. The van der Waals surface area contributed by atoms with Gasteiger partial charge in [0.05, 0.1) is 18.4 Å². The fraction of sp³-hybridized carbons (Fsp3) is 0.409. The maximum absolute atomic E-state index is 10.7. The van der Waals surface area contributed by atoms with Gasteiger partial charge >= 0.3 is 0 Å². The Morgan fingerprint density at radius 3 is 2.65 bits per heavy atom. The number of aromatic nitrogens is 3. The molecule has 3 rings (SSSR count). The van der Waals surface area contributed by atoms with Crippen molar-refractivity contribution in [2.45, 2.75) is 32.8 Å². The molecule has 0 spiro atoms. The molecule has 0 aliphatic heterocycles. The highest BCUT2D eigenvalue weighted by atomic mass is 127. The Bertz CT molecular complexity index is 978. The molecule has 0 saturated carbocycles. The van der Waals surface area contributed by atoms with Crippen molar-refractivity contribution in [3.8, 4) is 11.5 Å². The minimum atomic E-state index is -1.09. The SMILES string of the molecule is CCNC(=NCC(C)(O)c1cnn(C)c1)NCCc1coc(-c2ccc(C)cc2)n1.I. The Labute approximate surface area is 200 Å². The Kier molecular flexibility index (Phi) is 9.05. The number of aliphatic hydroxyl groups is 1. The summed E-state index contributed by atoms with van der Waals surface area (Å²) in [5.41, 5.74) is 2.68. The average Bonchev–Trinajstić information content (AvgIpc) is 3.36. The van der Waals surface area contributed by atoms with Crippen molar-refractivity contribution in [3.63, 3.8) is 0 Å². The number of guanidine groups is 1. The first-order valence-corrected chi connectivity index (χ1v) is 10.1. The van der Waals surface area contributed by atoms with E-state index < -0.39 is 5.60 Å². The summed E-state index contributed by atoms with van der Waals surface area (Å²) in [6, 6.07) is 8.10. The minimum Gasteiger partial charge on any atom is -0.444 e. The third-order valence-corrected chi connectivity index (χ3v) is 4.74. The van der Waals surface area contributed by atoms with Crippen LogP contribution in [0.5, 0.6) is 0 Å². The lowest BCUT2D eigenvalue weighted by molar-refractivity contribution is 0.0672. The fourth-order valence-corrected chi connectivity index (χ4v) is 2.92. The number of aryl methyl sites for hydroxylation is 2. The molecule has 1 unspecified atom stereocenters. The van der Waals surface area contributed by atoms with E-state index in [2.05, 4.69) is 32.6 Å². The molecule has 0 aliphatic carbocycles. The predicted molar refractivity (Wildman–Crippen MR) is 133 cm³/mol. The summed E-state index contributed by atoms with van der Waals surface area (Å²) in [5.74, 6) is 1.27. The van der Waals surface area contributed by atoms with Crippen LogP contribution in [0.3, 0.4) is 0 Å². The van der Waals surface area contributed by atoms with Gasteiger partial charge in [0.2, 0.25) is 5.89 Å². The highest BCUT2D eigenvalue weighted by Crippen LogP contribution is 2.20. The van der Waals surface area contributed by atoms with Gasteiger partial charge in [-0.05, 0) is 32.9 Å². The first kappa shape index (κ1) is 24.9. The average molecular weight is 538 g/mol. The molecule has 0 amide bonds. The van der Waals surface area contributed by atoms with Gasteiger partial charge in [-0.15, -0.1) is 24.0 Å². The summed E-state index contributed by atoms with van der Waals surface area (Å²) in [5, 5.41) is 21.3. The summed E-state index contributed by atoms with van der Waals surface area (Å²) in [4.78, 5) is 9.09. The zero-order valence-corrected chi connectivity index (χ0v) is 20.8. The fourth-order valence-electron chi connectivity index (χ4n) is 2.92. The van der Waals surface area contributed by atoms with Crippen LogP contribution in [0, 0.1) is 6.92 Å². The standard InChI is InChI=1S/C22H30N6O2.HI/c1-5-23-21(25-15-22(3,29)18-12-26-28(4)13-18)24-11-10-19-14-30-20(27-19)17-8-6-16(2)7-9-17;/h6-9,12-14,29H,5,10-11,15H2,1-4H3,(H2,23,24,25);1H. The van der Waals surface area contributed by atoms with Gasteiger partial charge in [0.15, 0.2) is 5.96 Å². The van der Waals surface area contributed by atoms with Gasteiger partial charge in [-0.2, -0.15) is 5.10 Å². The molecule has 168 valence electrons. The molecular formula is C22H31IN6O2. The third-order valence-electron chi connectivity index (χ3n) is 4.74. The second-order valence-electron chi connectivity index (χ2n) is 7.56. The van der Waals surface area contributed by atoms with Crippen LogP contribution in [0.4, 0.5) is 0 Å². The molecule has 0 aliphatic rings. The van der Waals surface area contributed by atoms with Crippen molar-refractivity contribution in [1.82, 2.24) is 25.4 Å². The van der Waals surface area contributed by atoms with Gasteiger partial charge < -0.3 is 20.2 Å². The summed E-state index contributed by atoms with van der Waals surface area (Å²) >= 11 is 0. The molecular weight excluding hydrogens is 507 g/mol. The van der Waals surface area contributed by atoms with E-state index in [4.69, 9.17) is 4.42 Å². The van der Waals surface area contributed by atoms with Gasteiger partial charge in [-0.3, -0.25) is 4.68 Å². The van der Waals surface area contributed by atoms with Crippen LogP contribution >= 0.6 is 24.0 Å². The Morgan fingerprint density at radius 2 is 2.00 bits per heavy atom. The zero-order chi connectivity index (χ0) is 21.6. The molecule has 2 heterocycles. The van der Waals surface area contributed by atoms with Crippen molar-refractivity contribution in [1.29, 1.82) is 0 Å². The van der Waals surface area contributed by atoms with Crippen molar-refractivity contribution < 1.29 is 9.52 Å². The van der Waals surface area contributed by atoms with Crippen molar-refractivity contribution in [2.75, 3.05) is 19.6 Å². The predicted octanol–water partition coefficient (Wildman–Crippen LogP) is 3.01. The smallest absolute Gasteiger partial charge is 0.226 e. The lowest BCUT2D eigenvalue weighted by atomic mass is 10.0. The second kappa shape index (κ2) is 11.3. The number of nitrogens with zero attached hydrogens (tertiary/aromatic N) is 4. The van der Waals surface area contributed by atoms with E-state index in [1.807, 2.05) is 38.2 Å². The maximum Gasteiger partial charge on any atom is 0.226 e. The second-order valence-corrected chi connectivity index (χ2v) is 7.56. The molecule has 3 N–H and O–H groups in total. The van der Waals surface area contributed by atoms with Gasteiger partial charge in [0.25, 0.3) is 0 Å². The number of halogens is 1. The quantitative estimate of drug-likeness (QED) is 0.232. The Morgan fingerprint density at radius 1 is 1.26 bits per heavy atom. The molecule has 1 aromatic carbocycles. The van der Waals surface area contributed by atoms with Crippen LogP contribution in [-0.2, 0) is 19.1 Å². The largest absolute Gasteiger partial charge is 0.444 e. The lowest BCUT2D eigenvalue weighted by Gasteiger charge is -2.20. The first-order chi connectivity index (χ1) is 14.4. The molecule has 0 saturated heterocycles. The van der Waals surface area contributed by atoms with Crippen molar-refractivity contribution >= 4 is 29.9 Å². The monoisotopic (exact) mass is 538 g/mol. The van der Waals surface area contributed by atoms with E-state index in [1.165, 1.54) is 5.56 Å². The van der Waals surface area contributed by atoms with E-state index in [9.17, 15) is 5.11 Å². The number of oxazole rings is 1. The van der Waals surface area contributed by atoms with Crippen LogP contribution < -0.4 is 10.6 Å². The Hall–Kier alpha value is -2.40. The zero-order valence-electron chi connectivity index (χ0n) is 18.4. The summed E-state index contributed by atoms with van der Waals surface area (Å²) < 4.78 is 7.28. The van der Waals surface area contributed by atoms with E-state index in [0.29, 0.717) is 24.8 Å². The maximum atomic E-state index is 10.7. The summed E-state index contributed by atoms with van der Waals surface area (Å²) in [7, 11) is 1.82. The number of aliphatic imine (C=N–C) groups is 1. The van der Waals surface area contributed by atoms with E-state index in [-0.39, 0.29) is 30.5 Å². The first-order valence-electron chi connectivity index (χ1n) is 10.1. The van der Waals surface area contributed by atoms with Crippen LogP contribution in [0.2, 0.25) is 0 Å². The number of hydrogen-bond acceptors (Lipinski definition) is 5. The normalized spacial score (nSPS) is 13.4. The van der Waals surface area contributed by atoms with Crippen LogP contribution in [0.1, 0.15) is 30.7 Å². The molecule has 0 radical (unpaired) electrons. The molecule has 0 fully saturated rings. The molecule has 31 heavy (non-hydrogen) atoms. The summed E-state index contributed by atoms with van der Waals surface area (Å²) in [6.45, 7) is 7.37. The summed E-state index contributed by atoms with van der Waals surface area (Å²) in [6.07, 6.45) is 5.84. The van der Waals surface area contributed by atoms with E-state index in [1.54, 1.807) is 30.3 Å². The topological polar surface area (TPSA) is 100 Å². The van der Waals surface area contributed by atoms with Gasteiger partial charge in [-0.25, -0.2) is 9.98 Å². The van der Waals surface area contributed by atoms with Crippen LogP contribution in [-0.4, -0.2) is 45.5 Å². The van der Waals surface area contributed by atoms with E-state index in [0.717, 1.165) is 23.4 Å². The number of hydrogen-bond donors (Lipinski definition) is 3. The molecule has 3 aromatic rings. The van der Waals surface area contributed by atoms with E-state index >= 15 is 0 Å².